The number of rotatable bonds is 6. The molecular weight excluding hydrogens is 491 g/mol. The summed E-state index contributed by atoms with van der Waals surface area (Å²) in [6.07, 6.45) is 6.98. The quantitative estimate of drug-likeness (QED) is 0.252. The van der Waals surface area contributed by atoms with E-state index in [1.54, 1.807) is 30.9 Å². The molecule has 2 N–H and O–H groups in total. The van der Waals surface area contributed by atoms with Crippen LogP contribution in [0, 0.1) is 5.82 Å². The summed E-state index contributed by atoms with van der Waals surface area (Å²) in [5, 5.41) is 9.26. The van der Waals surface area contributed by atoms with Gasteiger partial charge >= 0.3 is 0 Å². The Hall–Kier alpha value is -5.37. The van der Waals surface area contributed by atoms with Gasteiger partial charge in [-0.2, -0.15) is 5.10 Å². The number of aromatic nitrogens is 6. The molecular formula is C31H21FN6O. The maximum atomic E-state index is 13.9. The van der Waals surface area contributed by atoms with E-state index in [2.05, 4.69) is 30.1 Å². The summed E-state index contributed by atoms with van der Waals surface area (Å²) in [5.41, 5.74) is 7.42. The van der Waals surface area contributed by atoms with Gasteiger partial charge in [-0.15, -0.1) is 0 Å². The molecule has 0 fully saturated rings. The Morgan fingerprint density at radius 2 is 1.67 bits per heavy atom. The van der Waals surface area contributed by atoms with E-state index < -0.39 is 0 Å². The van der Waals surface area contributed by atoms with Crippen molar-refractivity contribution >= 4 is 22.1 Å². The Bertz CT molecular complexity index is 1950. The molecule has 188 valence electrons. The molecule has 7 aromatic rings. The minimum Gasteiger partial charge on any atom is -0.487 e. The highest BCUT2D eigenvalue weighted by atomic mass is 19.1. The molecule has 7 rings (SSSR count). The third-order valence-corrected chi connectivity index (χ3v) is 6.64. The number of benzene rings is 2. The van der Waals surface area contributed by atoms with Crippen molar-refractivity contribution in [1.29, 1.82) is 0 Å². The maximum absolute atomic E-state index is 13.9. The van der Waals surface area contributed by atoms with Crippen molar-refractivity contribution in [2.24, 2.45) is 0 Å². The zero-order chi connectivity index (χ0) is 26.2. The summed E-state index contributed by atoms with van der Waals surface area (Å²) in [4.78, 5) is 16.8. The number of halogens is 1. The summed E-state index contributed by atoms with van der Waals surface area (Å²) in [7, 11) is 0. The first-order valence-corrected chi connectivity index (χ1v) is 12.4. The van der Waals surface area contributed by atoms with E-state index >= 15 is 0 Å². The number of hydrogen-bond acceptors (Lipinski definition) is 5. The summed E-state index contributed by atoms with van der Waals surface area (Å²) >= 11 is 0. The Kier molecular flexibility index (Phi) is 5.55. The molecule has 0 aliphatic heterocycles. The van der Waals surface area contributed by atoms with Crippen molar-refractivity contribution in [1.82, 2.24) is 30.1 Å². The average Bonchev–Trinajstić information content (AvgIpc) is 3.60. The minimum absolute atomic E-state index is 0.282. The number of hydrogen-bond donors (Lipinski definition) is 2. The second kappa shape index (κ2) is 9.50. The molecule has 7 nitrogen and oxygen atoms in total. The highest BCUT2D eigenvalue weighted by Crippen LogP contribution is 2.34. The lowest BCUT2D eigenvalue weighted by atomic mass is 10.0. The number of H-pyrrole nitrogens is 2. The van der Waals surface area contributed by atoms with Crippen LogP contribution >= 0.6 is 0 Å². The molecule has 0 aliphatic rings. The lowest BCUT2D eigenvalue weighted by Crippen LogP contribution is -1.96. The zero-order valence-electron chi connectivity index (χ0n) is 20.6. The highest BCUT2D eigenvalue weighted by Gasteiger charge is 2.16. The maximum Gasteiger partial charge on any atom is 0.181 e. The fourth-order valence-electron chi connectivity index (χ4n) is 4.73. The van der Waals surface area contributed by atoms with Gasteiger partial charge < -0.3 is 9.72 Å². The van der Waals surface area contributed by atoms with Crippen molar-refractivity contribution in [2.45, 2.75) is 6.61 Å². The molecule has 0 atom stereocenters. The van der Waals surface area contributed by atoms with Crippen molar-refractivity contribution in [3.8, 4) is 39.4 Å². The number of nitrogens with one attached hydrogen (secondary N) is 2. The summed E-state index contributed by atoms with van der Waals surface area (Å²) in [5.74, 6) is 0.394. The minimum atomic E-state index is -0.282. The molecule has 39 heavy (non-hydrogen) atoms. The van der Waals surface area contributed by atoms with Gasteiger partial charge in [-0.3, -0.25) is 10.1 Å². The number of pyridine rings is 3. The van der Waals surface area contributed by atoms with Crippen LogP contribution in [0.2, 0.25) is 0 Å². The number of aromatic amines is 2. The van der Waals surface area contributed by atoms with Gasteiger partial charge in [-0.05, 0) is 53.1 Å². The Morgan fingerprint density at radius 1 is 0.769 bits per heavy atom. The Morgan fingerprint density at radius 3 is 2.56 bits per heavy atom. The van der Waals surface area contributed by atoms with E-state index in [-0.39, 0.29) is 5.82 Å². The Labute approximate surface area is 222 Å². The van der Waals surface area contributed by atoms with E-state index in [1.165, 1.54) is 12.1 Å². The van der Waals surface area contributed by atoms with Crippen LogP contribution in [0.4, 0.5) is 4.39 Å². The van der Waals surface area contributed by atoms with Gasteiger partial charge in [0.2, 0.25) is 0 Å². The van der Waals surface area contributed by atoms with Gasteiger partial charge in [0.15, 0.2) is 5.65 Å². The predicted molar refractivity (Wildman–Crippen MR) is 148 cm³/mol. The van der Waals surface area contributed by atoms with E-state index in [1.807, 2.05) is 60.7 Å². The number of ether oxygens (including phenoxy) is 1. The molecule has 0 saturated heterocycles. The topological polar surface area (TPSA) is 92.4 Å². The lowest BCUT2D eigenvalue weighted by molar-refractivity contribution is 0.305. The first kappa shape index (κ1) is 22.8. The fraction of sp³-hybridized carbons (Fsp3) is 0.0323. The van der Waals surface area contributed by atoms with Crippen LogP contribution in [-0.2, 0) is 6.61 Å². The molecule has 0 radical (unpaired) electrons. The molecule has 5 aromatic heterocycles. The van der Waals surface area contributed by atoms with Crippen LogP contribution in [0.25, 0.3) is 55.7 Å². The van der Waals surface area contributed by atoms with Gasteiger partial charge in [-0.25, -0.2) is 14.4 Å². The van der Waals surface area contributed by atoms with Gasteiger partial charge in [0.05, 0.1) is 17.6 Å². The van der Waals surface area contributed by atoms with Crippen molar-refractivity contribution in [2.75, 3.05) is 0 Å². The zero-order valence-corrected chi connectivity index (χ0v) is 20.6. The molecule has 0 aliphatic carbocycles. The van der Waals surface area contributed by atoms with E-state index in [9.17, 15) is 4.39 Å². The van der Waals surface area contributed by atoms with E-state index in [0.717, 1.165) is 50.0 Å². The second-order valence-corrected chi connectivity index (χ2v) is 9.19. The van der Waals surface area contributed by atoms with Crippen LogP contribution in [0.5, 0.6) is 5.75 Å². The van der Waals surface area contributed by atoms with Gasteiger partial charge in [0, 0.05) is 40.5 Å². The fourth-order valence-corrected chi connectivity index (χ4v) is 4.73. The first-order chi connectivity index (χ1) is 19.2. The average molecular weight is 513 g/mol. The van der Waals surface area contributed by atoms with Crippen LogP contribution in [0.3, 0.4) is 0 Å². The molecule has 8 heteroatoms. The lowest BCUT2D eigenvalue weighted by Gasteiger charge is -2.08. The van der Waals surface area contributed by atoms with Gasteiger partial charge in [0.1, 0.15) is 23.8 Å². The molecule has 0 saturated carbocycles. The van der Waals surface area contributed by atoms with Crippen LogP contribution < -0.4 is 4.74 Å². The smallest absolute Gasteiger partial charge is 0.181 e. The van der Waals surface area contributed by atoms with Gasteiger partial charge in [0.25, 0.3) is 0 Å². The largest absolute Gasteiger partial charge is 0.487 e. The standard InChI is InChI=1S/C31H21FN6O/c32-23-8-4-7-20(11-23)25-9-10-34-30-26(25)14-28(36-30)29-27-13-22(16-35-31(27)38-37-29)21-12-24(17-33-15-21)39-18-19-5-2-1-3-6-19/h1-17H,18H2,(H,34,36)(H,35,37,38). The SMILES string of the molecule is Fc1cccc(-c2ccnc3[nH]c(-c4[nH]nc5ncc(-c6cncc(OCc7ccccc7)c6)cc45)cc23)c1. The number of nitrogens with zero attached hydrogens (tertiary/aromatic N) is 4. The predicted octanol–water partition coefficient (Wildman–Crippen LogP) is 6.95. The molecule has 0 bridgehead atoms. The van der Waals surface area contributed by atoms with Crippen molar-refractivity contribution < 1.29 is 9.13 Å². The van der Waals surface area contributed by atoms with Crippen molar-refractivity contribution in [3.63, 3.8) is 0 Å². The van der Waals surface area contributed by atoms with Crippen LogP contribution in [0.15, 0.2) is 104 Å². The number of fused-ring (bicyclic) bond motifs is 2. The third-order valence-electron chi connectivity index (χ3n) is 6.64. The second-order valence-electron chi connectivity index (χ2n) is 9.19. The van der Waals surface area contributed by atoms with Gasteiger partial charge in [-0.1, -0.05) is 42.5 Å². The molecule has 0 unspecified atom stereocenters. The van der Waals surface area contributed by atoms with E-state index in [4.69, 9.17) is 4.74 Å². The Balaban J connectivity index is 1.24. The summed E-state index contributed by atoms with van der Waals surface area (Å²) in [6.45, 7) is 0.459. The molecule has 2 aromatic carbocycles. The van der Waals surface area contributed by atoms with E-state index in [0.29, 0.717) is 23.7 Å². The summed E-state index contributed by atoms with van der Waals surface area (Å²) < 4.78 is 19.9. The van der Waals surface area contributed by atoms with Crippen LogP contribution in [-0.4, -0.2) is 30.1 Å². The highest BCUT2D eigenvalue weighted by molar-refractivity contribution is 5.99. The third kappa shape index (κ3) is 4.38. The molecule has 0 amide bonds. The summed E-state index contributed by atoms with van der Waals surface area (Å²) in [6, 6.07) is 24.4. The first-order valence-electron chi connectivity index (χ1n) is 12.4. The molecule has 0 spiro atoms. The normalized spacial score (nSPS) is 11.3. The monoisotopic (exact) mass is 512 g/mol. The molecule has 5 heterocycles. The van der Waals surface area contributed by atoms with Crippen LogP contribution in [0.1, 0.15) is 5.56 Å². The van der Waals surface area contributed by atoms with Crippen molar-refractivity contribution in [3.05, 3.63) is 115 Å².